The number of piperidine rings is 1. The third kappa shape index (κ3) is 8.87. The molecule has 28 heavy (non-hydrogen) atoms. The van der Waals surface area contributed by atoms with Crippen molar-refractivity contribution >= 4 is 29.9 Å². The number of hydrogen-bond acceptors (Lipinski definition) is 4. The molecule has 0 aliphatic carbocycles. The molecule has 0 bridgehead atoms. The minimum atomic E-state index is -0.700. The van der Waals surface area contributed by atoms with Crippen molar-refractivity contribution in [3.05, 3.63) is 29.8 Å². The summed E-state index contributed by atoms with van der Waals surface area (Å²) < 4.78 is 36.8. The van der Waals surface area contributed by atoms with Gasteiger partial charge in [0.2, 0.25) is 0 Å². The molecule has 2 rings (SSSR count). The van der Waals surface area contributed by atoms with Crippen LogP contribution in [-0.2, 0) is 4.74 Å². The van der Waals surface area contributed by atoms with E-state index in [1.807, 2.05) is 0 Å². The summed E-state index contributed by atoms with van der Waals surface area (Å²) in [6.07, 6.45) is 2.31. The maximum absolute atomic E-state index is 13.5. The molecule has 0 atom stereocenters. The van der Waals surface area contributed by atoms with Gasteiger partial charge < -0.3 is 25.0 Å². The van der Waals surface area contributed by atoms with E-state index in [1.165, 1.54) is 12.1 Å². The lowest BCUT2D eigenvalue weighted by molar-refractivity contribution is 0.121. The molecule has 0 saturated carbocycles. The molecule has 1 aromatic rings. The highest BCUT2D eigenvalue weighted by Gasteiger charge is 2.18. The normalized spacial score (nSPS) is 15.8. The van der Waals surface area contributed by atoms with Gasteiger partial charge in [0, 0.05) is 33.3 Å². The summed E-state index contributed by atoms with van der Waals surface area (Å²) in [5.41, 5.74) is 0. The third-order valence-electron chi connectivity index (χ3n) is 4.65. The van der Waals surface area contributed by atoms with E-state index in [9.17, 15) is 8.78 Å². The fourth-order valence-electron chi connectivity index (χ4n) is 3.02. The number of methoxy groups -OCH3 is 1. The molecule has 1 aromatic carbocycles. The Hall–Kier alpha value is -1.20. The van der Waals surface area contributed by atoms with E-state index in [1.54, 1.807) is 14.2 Å². The van der Waals surface area contributed by atoms with E-state index in [4.69, 9.17) is 9.47 Å². The first-order valence-corrected chi connectivity index (χ1v) is 9.36. The van der Waals surface area contributed by atoms with Crippen LogP contribution in [0.3, 0.4) is 0 Å². The smallest absolute Gasteiger partial charge is 0.191 e. The average molecular weight is 512 g/mol. The molecule has 0 radical (unpaired) electrons. The molecular formula is C19H31F2IN4O2. The van der Waals surface area contributed by atoms with Crippen molar-refractivity contribution in [1.82, 2.24) is 15.5 Å². The predicted octanol–water partition coefficient (Wildman–Crippen LogP) is 2.49. The van der Waals surface area contributed by atoms with Crippen molar-refractivity contribution in [3.63, 3.8) is 0 Å². The zero-order chi connectivity index (χ0) is 19.5. The average Bonchev–Trinajstić information content (AvgIpc) is 2.68. The first-order chi connectivity index (χ1) is 13.1. The first-order valence-electron chi connectivity index (χ1n) is 9.36. The molecule has 1 aliphatic heterocycles. The number of aliphatic imine (C=N–C) groups is 1. The highest BCUT2D eigenvalue weighted by atomic mass is 127. The molecule has 0 amide bonds. The molecule has 9 heteroatoms. The lowest BCUT2D eigenvalue weighted by Gasteiger charge is -2.32. The summed E-state index contributed by atoms with van der Waals surface area (Å²) in [6, 6.07) is 3.27. The largest absolute Gasteiger partial charge is 0.489 e. The summed E-state index contributed by atoms with van der Waals surface area (Å²) in [7, 11) is 3.44. The van der Waals surface area contributed by atoms with Gasteiger partial charge >= 0.3 is 0 Å². The van der Waals surface area contributed by atoms with Gasteiger partial charge in [0.05, 0.1) is 13.2 Å². The van der Waals surface area contributed by atoms with Gasteiger partial charge in [-0.15, -0.1) is 24.0 Å². The van der Waals surface area contributed by atoms with Gasteiger partial charge in [-0.05, 0) is 44.0 Å². The van der Waals surface area contributed by atoms with Gasteiger partial charge in [0.25, 0.3) is 0 Å². The maximum atomic E-state index is 13.5. The van der Waals surface area contributed by atoms with Crippen LogP contribution in [0.5, 0.6) is 5.75 Å². The number of ether oxygens (including phenoxy) is 2. The van der Waals surface area contributed by atoms with Crippen LogP contribution in [0.2, 0.25) is 0 Å². The number of likely N-dealkylation sites (tertiary alicyclic amines) is 1. The van der Waals surface area contributed by atoms with E-state index in [-0.39, 0.29) is 36.3 Å². The number of nitrogens with zero attached hydrogens (tertiary/aromatic N) is 2. The second kappa shape index (κ2) is 13.9. The van der Waals surface area contributed by atoms with E-state index in [0.29, 0.717) is 18.4 Å². The third-order valence-corrected chi connectivity index (χ3v) is 4.65. The second-order valence-electron chi connectivity index (χ2n) is 6.58. The molecule has 1 fully saturated rings. The summed E-state index contributed by atoms with van der Waals surface area (Å²) >= 11 is 0. The highest BCUT2D eigenvalue weighted by Crippen LogP contribution is 2.17. The first kappa shape index (κ1) is 24.8. The van der Waals surface area contributed by atoms with Gasteiger partial charge in [0.15, 0.2) is 17.5 Å². The Morgan fingerprint density at radius 1 is 1.21 bits per heavy atom. The van der Waals surface area contributed by atoms with Gasteiger partial charge in [0.1, 0.15) is 12.4 Å². The number of halogens is 3. The van der Waals surface area contributed by atoms with Crippen LogP contribution in [0.25, 0.3) is 0 Å². The second-order valence-corrected chi connectivity index (χ2v) is 6.58. The number of guanidine groups is 1. The van der Waals surface area contributed by atoms with E-state index in [2.05, 4.69) is 20.5 Å². The van der Waals surface area contributed by atoms with Gasteiger partial charge in [-0.2, -0.15) is 0 Å². The Labute approximate surface area is 183 Å². The van der Waals surface area contributed by atoms with Crippen molar-refractivity contribution in [2.75, 3.05) is 60.1 Å². The molecule has 0 aromatic heterocycles. The van der Waals surface area contributed by atoms with Gasteiger partial charge in [-0.3, -0.25) is 4.99 Å². The van der Waals surface area contributed by atoms with Gasteiger partial charge in [-0.1, -0.05) is 0 Å². The van der Waals surface area contributed by atoms with Crippen LogP contribution in [0.1, 0.15) is 12.8 Å². The number of hydrogen-bond donors (Lipinski definition) is 2. The van der Waals surface area contributed by atoms with Crippen LogP contribution in [-0.4, -0.2) is 71.0 Å². The summed E-state index contributed by atoms with van der Waals surface area (Å²) in [5.74, 6) is 0.0368. The van der Waals surface area contributed by atoms with Crippen molar-refractivity contribution in [1.29, 1.82) is 0 Å². The van der Waals surface area contributed by atoms with Crippen LogP contribution in [0.15, 0.2) is 23.2 Å². The van der Waals surface area contributed by atoms with Gasteiger partial charge in [-0.25, -0.2) is 8.78 Å². The lowest BCUT2D eigenvalue weighted by atomic mass is 9.97. The molecule has 160 valence electrons. The standard InChI is InChI=1S/C19H30F2N4O2.HI/c1-22-19(23-7-11-27-18-4-3-16(20)13-17(18)21)24-14-15-5-8-25(9-6-15)10-12-26-2;/h3-4,13,15H,5-12,14H2,1-2H3,(H2,22,23,24);1H. The van der Waals surface area contributed by atoms with Crippen LogP contribution in [0.4, 0.5) is 8.78 Å². The van der Waals surface area contributed by atoms with Crippen molar-refractivity contribution in [3.8, 4) is 5.75 Å². The molecule has 1 heterocycles. The lowest BCUT2D eigenvalue weighted by Crippen LogP contribution is -2.44. The van der Waals surface area contributed by atoms with Crippen molar-refractivity contribution in [2.24, 2.45) is 10.9 Å². The molecule has 1 saturated heterocycles. The Balaban J connectivity index is 0.00000392. The van der Waals surface area contributed by atoms with Crippen LogP contribution < -0.4 is 15.4 Å². The number of nitrogens with one attached hydrogen (secondary N) is 2. The molecule has 6 nitrogen and oxygen atoms in total. The quantitative estimate of drug-likeness (QED) is 0.231. The van der Waals surface area contributed by atoms with Crippen LogP contribution >= 0.6 is 24.0 Å². The Kier molecular flexibility index (Phi) is 12.3. The molecule has 0 spiro atoms. The maximum Gasteiger partial charge on any atom is 0.191 e. The zero-order valence-electron chi connectivity index (χ0n) is 16.5. The van der Waals surface area contributed by atoms with E-state index >= 15 is 0 Å². The Morgan fingerprint density at radius 2 is 1.96 bits per heavy atom. The summed E-state index contributed by atoms with van der Waals surface area (Å²) in [4.78, 5) is 6.62. The number of rotatable bonds is 9. The zero-order valence-corrected chi connectivity index (χ0v) is 18.9. The molecule has 1 aliphatic rings. The predicted molar refractivity (Wildman–Crippen MR) is 118 cm³/mol. The number of benzene rings is 1. The topological polar surface area (TPSA) is 58.1 Å². The highest BCUT2D eigenvalue weighted by molar-refractivity contribution is 14.0. The summed E-state index contributed by atoms with van der Waals surface area (Å²) in [6.45, 7) is 5.55. The fourth-order valence-corrected chi connectivity index (χ4v) is 3.02. The Bertz CT molecular complexity index is 599. The van der Waals surface area contributed by atoms with E-state index < -0.39 is 11.6 Å². The fraction of sp³-hybridized carbons (Fsp3) is 0.632. The molecule has 0 unspecified atom stereocenters. The minimum Gasteiger partial charge on any atom is -0.489 e. The van der Waals surface area contributed by atoms with Crippen molar-refractivity contribution in [2.45, 2.75) is 12.8 Å². The van der Waals surface area contributed by atoms with Crippen molar-refractivity contribution < 1.29 is 18.3 Å². The molecular weight excluding hydrogens is 481 g/mol. The monoisotopic (exact) mass is 512 g/mol. The van der Waals surface area contributed by atoms with E-state index in [0.717, 1.165) is 51.7 Å². The SMILES string of the molecule is CN=C(NCCOc1ccc(F)cc1F)NCC1CCN(CCOC)CC1.I. The Morgan fingerprint density at radius 3 is 2.61 bits per heavy atom. The van der Waals surface area contributed by atoms with Crippen LogP contribution in [0, 0.1) is 17.6 Å². The minimum absolute atomic E-state index is 0. The molecule has 2 N–H and O–H groups in total. The summed E-state index contributed by atoms with van der Waals surface area (Å²) in [5, 5.41) is 6.47.